The third kappa shape index (κ3) is 4.05. The maximum atomic E-state index is 2.39. The standard InChI is InChI=1S/C38H27N/c1-5-16-28(17-6-1)36-32-24-13-14-25-33(32)37(29-18-7-2-8-19-29)38-34(36)26-15-27-35(38)39(30-20-9-3-10-21-30)31-22-11-4-12-23-31/h1-27H. The Balaban J connectivity index is 1.69. The molecule has 0 aliphatic heterocycles. The van der Waals surface area contributed by atoms with E-state index in [1.54, 1.807) is 0 Å². The lowest BCUT2D eigenvalue weighted by Gasteiger charge is -2.29. The highest BCUT2D eigenvalue weighted by Gasteiger charge is 2.22. The van der Waals surface area contributed by atoms with E-state index < -0.39 is 0 Å². The van der Waals surface area contributed by atoms with Crippen molar-refractivity contribution in [2.45, 2.75) is 0 Å². The van der Waals surface area contributed by atoms with Crippen LogP contribution in [-0.2, 0) is 0 Å². The Hall–Kier alpha value is -5.14. The van der Waals surface area contributed by atoms with Gasteiger partial charge in [0, 0.05) is 16.8 Å². The molecule has 0 bridgehead atoms. The predicted molar refractivity (Wildman–Crippen MR) is 167 cm³/mol. The molecular weight excluding hydrogens is 470 g/mol. The number of hydrogen-bond donors (Lipinski definition) is 0. The molecule has 1 nitrogen and oxygen atoms in total. The molecule has 0 atom stereocenters. The zero-order valence-corrected chi connectivity index (χ0v) is 21.5. The van der Waals surface area contributed by atoms with Gasteiger partial charge in [-0.1, -0.05) is 133 Å². The number of hydrogen-bond acceptors (Lipinski definition) is 1. The van der Waals surface area contributed by atoms with Crippen molar-refractivity contribution < 1.29 is 0 Å². The zero-order valence-electron chi connectivity index (χ0n) is 21.5. The molecule has 0 saturated carbocycles. The molecule has 0 heterocycles. The highest BCUT2D eigenvalue weighted by molar-refractivity contribution is 6.25. The van der Waals surface area contributed by atoms with E-state index in [9.17, 15) is 0 Å². The summed E-state index contributed by atoms with van der Waals surface area (Å²) in [4.78, 5) is 2.39. The van der Waals surface area contributed by atoms with E-state index in [0.717, 1.165) is 17.1 Å². The Bertz CT molecular complexity index is 1840. The molecule has 0 radical (unpaired) electrons. The molecule has 0 spiro atoms. The second-order valence-electron chi connectivity index (χ2n) is 9.73. The molecule has 7 aromatic carbocycles. The molecule has 1 heteroatoms. The first kappa shape index (κ1) is 23.0. The van der Waals surface area contributed by atoms with Crippen molar-refractivity contribution in [3.8, 4) is 22.3 Å². The summed E-state index contributed by atoms with van der Waals surface area (Å²) < 4.78 is 0. The minimum absolute atomic E-state index is 1.13. The van der Waals surface area contributed by atoms with Crippen LogP contribution in [0.25, 0.3) is 43.8 Å². The van der Waals surface area contributed by atoms with Gasteiger partial charge in [-0.15, -0.1) is 0 Å². The fraction of sp³-hybridized carbons (Fsp3) is 0. The van der Waals surface area contributed by atoms with Gasteiger partial charge in [0.2, 0.25) is 0 Å². The minimum atomic E-state index is 1.13. The van der Waals surface area contributed by atoms with Crippen LogP contribution in [0.3, 0.4) is 0 Å². The van der Waals surface area contributed by atoms with Crippen molar-refractivity contribution in [1.29, 1.82) is 0 Å². The van der Waals surface area contributed by atoms with Crippen LogP contribution < -0.4 is 4.90 Å². The van der Waals surface area contributed by atoms with E-state index in [4.69, 9.17) is 0 Å². The number of nitrogens with zero attached hydrogens (tertiary/aromatic N) is 1. The van der Waals surface area contributed by atoms with Gasteiger partial charge in [-0.3, -0.25) is 0 Å². The molecule has 184 valence electrons. The van der Waals surface area contributed by atoms with Crippen molar-refractivity contribution in [2.24, 2.45) is 0 Å². The van der Waals surface area contributed by atoms with E-state index in [-0.39, 0.29) is 0 Å². The van der Waals surface area contributed by atoms with Crippen LogP contribution in [0.4, 0.5) is 17.1 Å². The fourth-order valence-electron chi connectivity index (χ4n) is 5.80. The van der Waals surface area contributed by atoms with Crippen molar-refractivity contribution in [2.75, 3.05) is 4.90 Å². The maximum absolute atomic E-state index is 2.39. The Morgan fingerprint density at radius 3 is 1.26 bits per heavy atom. The highest BCUT2D eigenvalue weighted by atomic mass is 15.1. The van der Waals surface area contributed by atoms with Crippen molar-refractivity contribution >= 4 is 38.6 Å². The van der Waals surface area contributed by atoms with Crippen LogP contribution in [0.1, 0.15) is 0 Å². The van der Waals surface area contributed by atoms with E-state index in [1.807, 2.05) is 0 Å². The van der Waals surface area contributed by atoms with Gasteiger partial charge >= 0.3 is 0 Å². The summed E-state index contributed by atoms with van der Waals surface area (Å²) in [6, 6.07) is 58.6. The summed E-state index contributed by atoms with van der Waals surface area (Å²) >= 11 is 0. The van der Waals surface area contributed by atoms with E-state index in [2.05, 4.69) is 169 Å². The monoisotopic (exact) mass is 497 g/mol. The Labute approximate surface area is 229 Å². The summed E-state index contributed by atoms with van der Waals surface area (Å²) in [5.41, 5.74) is 8.38. The van der Waals surface area contributed by atoms with Crippen molar-refractivity contribution in [1.82, 2.24) is 0 Å². The number of anilines is 3. The maximum Gasteiger partial charge on any atom is 0.0546 e. The van der Waals surface area contributed by atoms with Gasteiger partial charge < -0.3 is 4.90 Å². The first-order valence-electron chi connectivity index (χ1n) is 13.4. The molecular formula is C38H27N. The van der Waals surface area contributed by atoms with Gasteiger partial charge in [0.25, 0.3) is 0 Å². The van der Waals surface area contributed by atoms with Crippen LogP contribution in [0, 0.1) is 0 Å². The molecule has 0 N–H and O–H groups in total. The number of para-hydroxylation sites is 2. The lowest BCUT2D eigenvalue weighted by molar-refractivity contribution is 1.30. The quantitative estimate of drug-likeness (QED) is 0.214. The lowest BCUT2D eigenvalue weighted by Crippen LogP contribution is -2.10. The summed E-state index contributed by atoms with van der Waals surface area (Å²) in [7, 11) is 0. The largest absolute Gasteiger partial charge is 0.310 e. The third-order valence-electron chi connectivity index (χ3n) is 7.42. The van der Waals surface area contributed by atoms with Gasteiger partial charge in [-0.25, -0.2) is 0 Å². The summed E-state index contributed by atoms with van der Waals surface area (Å²) in [5, 5.41) is 5.00. The second-order valence-corrected chi connectivity index (χ2v) is 9.73. The molecule has 0 saturated heterocycles. The molecule has 7 rings (SSSR count). The van der Waals surface area contributed by atoms with Gasteiger partial charge in [-0.2, -0.15) is 0 Å². The lowest BCUT2D eigenvalue weighted by atomic mass is 9.85. The van der Waals surface area contributed by atoms with E-state index >= 15 is 0 Å². The molecule has 39 heavy (non-hydrogen) atoms. The predicted octanol–water partition coefficient (Wildman–Crippen LogP) is 10.8. The summed E-state index contributed by atoms with van der Waals surface area (Å²) in [5.74, 6) is 0. The molecule has 0 amide bonds. The average molecular weight is 498 g/mol. The van der Waals surface area contributed by atoms with Crippen LogP contribution in [0.2, 0.25) is 0 Å². The van der Waals surface area contributed by atoms with E-state index in [1.165, 1.54) is 43.8 Å². The molecule has 7 aromatic rings. The van der Waals surface area contributed by atoms with E-state index in [0.29, 0.717) is 0 Å². The Kier molecular flexibility index (Phi) is 5.88. The van der Waals surface area contributed by atoms with Crippen LogP contribution in [0.5, 0.6) is 0 Å². The molecule has 0 fully saturated rings. The second kappa shape index (κ2) is 9.96. The number of fused-ring (bicyclic) bond motifs is 2. The fourth-order valence-corrected chi connectivity index (χ4v) is 5.80. The van der Waals surface area contributed by atoms with Crippen molar-refractivity contribution in [3.05, 3.63) is 164 Å². The first-order valence-corrected chi connectivity index (χ1v) is 13.4. The average Bonchev–Trinajstić information content (AvgIpc) is 3.02. The van der Waals surface area contributed by atoms with Crippen molar-refractivity contribution in [3.63, 3.8) is 0 Å². The SMILES string of the molecule is c1ccc(-c2c3ccccc3c(-c3ccccc3)c3c(N(c4ccccc4)c4ccccc4)cccc23)cc1. The minimum Gasteiger partial charge on any atom is -0.310 e. The van der Waals surface area contributed by atoms with Gasteiger partial charge in [-0.05, 0) is 68.7 Å². The van der Waals surface area contributed by atoms with Gasteiger partial charge in [0.15, 0.2) is 0 Å². The normalized spacial score (nSPS) is 11.1. The summed E-state index contributed by atoms with van der Waals surface area (Å²) in [6.45, 7) is 0. The molecule has 0 unspecified atom stereocenters. The Morgan fingerprint density at radius 1 is 0.308 bits per heavy atom. The number of rotatable bonds is 5. The third-order valence-corrected chi connectivity index (χ3v) is 7.42. The van der Waals surface area contributed by atoms with Crippen LogP contribution in [-0.4, -0.2) is 0 Å². The molecule has 0 aromatic heterocycles. The summed E-state index contributed by atoms with van der Waals surface area (Å²) in [6.07, 6.45) is 0. The highest BCUT2D eigenvalue weighted by Crippen LogP contribution is 2.49. The molecule has 0 aliphatic carbocycles. The van der Waals surface area contributed by atoms with Gasteiger partial charge in [0.1, 0.15) is 0 Å². The smallest absolute Gasteiger partial charge is 0.0546 e. The topological polar surface area (TPSA) is 3.24 Å². The first-order chi connectivity index (χ1) is 19.4. The zero-order chi connectivity index (χ0) is 26.0. The number of benzene rings is 7. The van der Waals surface area contributed by atoms with Crippen LogP contribution >= 0.6 is 0 Å². The molecule has 0 aliphatic rings. The Morgan fingerprint density at radius 2 is 0.718 bits per heavy atom. The van der Waals surface area contributed by atoms with Gasteiger partial charge in [0.05, 0.1) is 5.69 Å². The van der Waals surface area contributed by atoms with Crippen LogP contribution in [0.15, 0.2) is 164 Å².